The minimum Gasteiger partial charge on any atom is -0.354 e. The SMILES string of the molecule is N=C(/C(=C1\NC(c2ccccc2)=Cc2cccc(-c3ccc(-c4cccc(-c5nc(-c6ccccc6)nc(-c6ccccc6)n5)c4)cc3)c21)c1ccccc1)c1ccccc1. The first-order chi connectivity index (χ1) is 30.2. The highest BCUT2D eigenvalue weighted by atomic mass is 15.0. The van der Waals surface area contributed by atoms with Crippen LogP contribution in [0.2, 0.25) is 0 Å². The van der Waals surface area contributed by atoms with Crippen molar-refractivity contribution >= 4 is 28.8 Å². The molecule has 1 aliphatic heterocycles. The number of nitrogens with zero attached hydrogens (tertiary/aromatic N) is 3. The number of benzene rings is 8. The molecular weight excluding hydrogens is 743 g/mol. The number of rotatable bonds is 9. The van der Waals surface area contributed by atoms with E-state index in [2.05, 4.69) is 115 Å². The third-order valence-corrected chi connectivity index (χ3v) is 11.0. The minimum atomic E-state index is 0.449. The van der Waals surface area contributed by atoms with Crippen molar-refractivity contribution in [3.05, 3.63) is 246 Å². The maximum absolute atomic E-state index is 9.73. The van der Waals surface area contributed by atoms with Crippen molar-refractivity contribution in [3.63, 3.8) is 0 Å². The number of nitrogens with one attached hydrogen (secondary N) is 2. The molecule has 61 heavy (non-hydrogen) atoms. The Morgan fingerprint density at radius 1 is 0.377 bits per heavy atom. The number of allylic oxidation sites excluding steroid dienone is 1. The molecule has 5 heteroatoms. The van der Waals surface area contributed by atoms with Crippen LogP contribution in [0.4, 0.5) is 0 Å². The lowest BCUT2D eigenvalue weighted by Gasteiger charge is -2.28. The summed E-state index contributed by atoms with van der Waals surface area (Å²) in [5.41, 5.74) is 15.2. The van der Waals surface area contributed by atoms with E-state index in [1.165, 1.54) is 0 Å². The Hall–Kier alpha value is -8.28. The van der Waals surface area contributed by atoms with Gasteiger partial charge >= 0.3 is 0 Å². The molecule has 2 N–H and O–H groups in total. The van der Waals surface area contributed by atoms with Crippen LogP contribution in [-0.4, -0.2) is 20.7 Å². The predicted octanol–water partition coefficient (Wildman–Crippen LogP) is 13.2. The van der Waals surface area contributed by atoms with Crippen molar-refractivity contribution in [1.82, 2.24) is 20.3 Å². The van der Waals surface area contributed by atoms with Crippen molar-refractivity contribution in [2.45, 2.75) is 0 Å². The molecule has 288 valence electrons. The normalized spacial score (nSPS) is 12.8. The maximum atomic E-state index is 9.73. The van der Waals surface area contributed by atoms with Gasteiger partial charge in [0, 0.05) is 39.1 Å². The monoisotopic (exact) mass is 781 g/mol. The van der Waals surface area contributed by atoms with Gasteiger partial charge in [0.25, 0.3) is 0 Å². The van der Waals surface area contributed by atoms with E-state index in [1.807, 2.05) is 115 Å². The van der Waals surface area contributed by atoms with Crippen molar-refractivity contribution < 1.29 is 0 Å². The van der Waals surface area contributed by atoms with Crippen LogP contribution in [0.15, 0.2) is 218 Å². The molecule has 0 saturated heterocycles. The Kier molecular flexibility index (Phi) is 10.0. The molecule has 10 rings (SSSR count). The molecule has 8 aromatic carbocycles. The summed E-state index contributed by atoms with van der Waals surface area (Å²) in [5, 5.41) is 13.6. The third kappa shape index (κ3) is 7.60. The van der Waals surface area contributed by atoms with E-state index in [1.54, 1.807) is 0 Å². The van der Waals surface area contributed by atoms with Crippen molar-refractivity contribution in [2.24, 2.45) is 0 Å². The zero-order chi connectivity index (χ0) is 41.0. The van der Waals surface area contributed by atoms with E-state index in [0.717, 1.165) is 83.7 Å². The van der Waals surface area contributed by atoms with Gasteiger partial charge in [0.2, 0.25) is 0 Å². The van der Waals surface area contributed by atoms with Gasteiger partial charge in [-0.05, 0) is 51.1 Å². The van der Waals surface area contributed by atoms with Gasteiger partial charge in [0.1, 0.15) is 0 Å². The molecule has 9 aromatic rings. The van der Waals surface area contributed by atoms with Gasteiger partial charge in [-0.3, -0.25) is 5.41 Å². The zero-order valence-corrected chi connectivity index (χ0v) is 33.2. The molecule has 1 aliphatic rings. The Balaban J connectivity index is 1.08. The fourth-order valence-corrected chi connectivity index (χ4v) is 7.94. The van der Waals surface area contributed by atoms with Gasteiger partial charge in [-0.15, -0.1) is 0 Å². The highest BCUT2D eigenvalue weighted by molar-refractivity contribution is 6.36. The lowest BCUT2D eigenvalue weighted by molar-refractivity contribution is 1.07. The van der Waals surface area contributed by atoms with Gasteiger partial charge in [-0.25, -0.2) is 15.0 Å². The second-order valence-corrected chi connectivity index (χ2v) is 14.9. The van der Waals surface area contributed by atoms with Gasteiger partial charge < -0.3 is 5.32 Å². The van der Waals surface area contributed by atoms with E-state index in [9.17, 15) is 5.41 Å². The van der Waals surface area contributed by atoms with Gasteiger partial charge in [-0.2, -0.15) is 0 Å². The third-order valence-electron chi connectivity index (χ3n) is 11.0. The Bertz CT molecular complexity index is 3010. The summed E-state index contributed by atoms with van der Waals surface area (Å²) >= 11 is 0. The van der Waals surface area contributed by atoms with Gasteiger partial charge in [-0.1, -0.05) is 212 Å². The van der Waals surface area contributed by atoms with Crippen molar-refractivity contribution in [3.8, 4) is 56.4 Å². The summed E-state index contributed by atoms with van der Waals surface area (Å²) in [6.45, 7) is 0. The van der Waals surface area contributed by atoms with Crippen LogP contribution in [0.3, 0.4) is 0 Å². The largest absolute Gasteiger partial charge is 0.354 e. The van der Waals surface area contributed by atoms with Gasteiger partial charge in [0.05, 0.1) is 11.4 Å². The highest BCUT2D eigenvalue weighted by Gasteiger charge is 2.26. The topological polar surface area (TPSA) is 74.6 Å². The molecule has 0 saturated carbocycles. The number of hydrogen-bond acceptors (Lipinski definition) is 5. The van der Waals surface area contributed by atoms with Crippen LogP contribution in [0.5, 0.6) is 0 Å². The summed E-state index contributed by atoms with van der Waals surface area (Å²) in [5.74, 6) is 1.88. The number of aromatic nitrogens is 3. The van der Waals surface area contributed by atoms with Crippen LogP contribution in [0, 0.1) is 5.41 Å². The average molecular weight is 782 g/mol. The van der Waals surface area contributed by atoms with E-state index < -0.39 is 0 Å². The molecule has 2 heterocycles. The molecule has 5 nitrogen and oxygen atoms in total. The second kappa shape index (κ2) is 16.5. The maximum Gasteiger partial charge on any atom is 0.164 e. The summed E-state index contributed by atoms with van der Waals surface area (Å²) in [7, 11) is 0. The minimum absolute atomic E-state index is 0.449. The van der Waals surface area contributed by atoms with Crippen LogP contribution in [0.25, 0.3) is 79.5 Å². The first kappa shape index (κ1) is 37.0. The Morgan fingerprint density at radius 2 is 0.836 bits per heavy atom. The van der Waals surface area contributed by atoms with E-state index in [0.29, 0.717) is 23.2 Å². The Morgan fingerprint density at radius 3 is 1.43 bits per heavy atom. The molecule has 0 radical (unpaired) electrons. The number of fused-ring (bicyclic) bond motifs is 1. The lowest BCUT2D eigenvalue weighted by atomic mass is 9.84. The Labute approximate surface area is 355 Å². The van der Waals surface area contributed by atoms with Crippen LogP contribution in [-0.2, 0) is 0 Å². The molecule has 0 fully saturated rings. The molecular formula is C56H39N5. The fourth-order valence-electron chi connectivity index (χ4n) is 7.94. The molecule has 0 bridgehead atoms. The first-order valence-electron chi connectivity index (χ1n) is 20.4. The summed E-state index contributed by atoms with van der Waals surface area (Å²) in [6, 6.07) is 74.4. The summed E-state index contributed by atoms with van der Waals surface area (Å²) in [6.07, 6.45) is 2.22. The van der Waals surface area contributed by atoms with Crippen LogP contribution < -0.4 is 5.32 Å². The summed E-state index contributed by atoms with van der Waals surface area (Å²) in [4.78, 5) is 14.8. The average Bonchev–Trinajstić information content (AvgIpc) is 3.35. The van der Waals surface area contributed by atoms with E-state index in [4.69, 9.17) is 15.0 Å². The fraction of sp³-hybridized carbons (Fsp3) is 0. The van der Waals surface area contributed by atoms with Crippen molar-refractivity contribution in [2.75, 3.05) is 0 Å². The quantitative estimate of drug-likeness (QED) is 0.143. The molecule has 1 aromatic heterocycles. The molecule has 0 atom stereocenters. The predicted molar refractivity (Wildman–Crippen MR) is 251 cm³/mol. The molecule has 0 amide bonds. The summed E-state index contributed by atoms with van der Waals surface area (Å²) < 4.78 is 0. The lowest BCUT2D eigenvalue weighted by Crippen LogP contribution is -2.21. The number of hydrogen-bond donors (Lipinski definition) is 2. The standard InChI is InChI=1S/C56H39N5/c57-52(42-22-10-3-11-23-42)51(41-20-8-2-9-21-41)53-50-46(37-49(58-53)40-18-6-1-7-19-40)29-17-31-48(50)39-34-32-38(33-35-39)45-28-16-30-47(36-45)56-60-54(43-24-12-4-13-25-43)59-55(61-56)44-26-14-5-15-27-44/h1-37,57-58H/b53-51-,57-52?. The van der Waals surface area contributed by atoms with E-state index in [-0.39, 0.29) is 0 Å². The molecule has 0 spiro atoms. The second-order valence-electron chi connectivity index (χ2n) is 14.9. The first-order valence-corrected chi connectivity index (χ1v) is 20.4. The van der Waals surface area contributed by atoms with Gasteiger partial charge in [0.15, 0.2) is 17.5 Å². The van der Waals surface area contributed by atoms with Crippen LogP contribution in [0.1, 0.15) is 27.8 Å². The molecule has 0 aliphatic carbocycles. The van der Waals surface area contributed by atoms with Crippen molar-refractivity contribution in [1.29, 1.82) is 5.41 Å². The zero-order valence-electron chi connectivity index (χ0n) is 33.2. The molecule has 0 unspecified atom stereocenters. The van der Waals surface area contributed by atoms with E-state index >= 15 is 0 Å². The highest BCUT2D eigenvalue weighted by Crippen LogP contribution is 2.42. The van der Waals surface area contributed by atoms with Crippen LogP contribution >= 0.6 is 0 Å². The smallest absolute Gasteiger partial charge is 0.164 e.